The molecule has 0 amide bonds. The predicted molar refractivity (Wildman–Crippen MR) is 109 cm³/mol. The van der Waals surface area contributed by atoms with Crippen LogP contribution in [0, 0.1) is 5.41 Å². The summed E-state index contributed by atoms with van der Waals surface area (Å²) in [4.78, 5) is 5.00. The number of aliphatic imine (C=N–C) groups is 1. The maximum Gasteiger partial charge on any atom is 0.108 e. The highest BCUT2D eigenvalue weighted by Crippen LogP contribution is 2.41. The molecule has 5 heteroatoms. The van der Waals surface area contributed by atoms with Crippen LogP contribution in [0.5, 0.6) is 0 Å². The minimum Gasteiger partial charge on any atom is -0.343 e. The number of benzene rings is 2. The van der Waals surface area contributed by atoms with Crippen LogP contribution in [0.4, 0.5) is 5.69 Å². The van der Waals surface area contributed by atoms with Crippen LogP contribution in [0.3, 0.4) is 0 Å². The molecule has 0 saturated carbocycles. The maximum absolute atomic E-state index is 6.11. The van der Waals surface area contributed by atoms with Crippen molar-refractivity contribution in [3.05, 3.63) is 63.1 Å². The first-order valence-electron chi connectivity index (χ1n) is 8.70. The van der Waals surface area contributed by atoms with E-state index < -0.39 is 0 Å². The third kappa shape index (κ3) is 3.62. The molecule has 0 unspecified atom stereocenters. The second kappa shape index (κ2) is 7.10. The Hall–Kier alpha value is -1.36. The molecule has 2 N–H and O–H groups in total. The van der Waals surface area contributed by atoms with Crippen molar-refractivity contribution in [1.82, 2.24) is 5.32 Å². The van der Waals surface area contributed by atoms with Gasteiger partial charge in [-0.3, -0.25) is 4.99 Å². The second-order valence-corrected chi connectivity index (χ2v) is 8.28. The summed E-state index contributed by atoms with van der Waals surface area (Å²) in [5, 5.41) is 7.89. The van der Waals surface area contributed by atoms with E-state index in [1.165, 1.54) is 11.3 Å². The van der Waals surface area contributed by atoms with Gasteiger partial charge in [0.2, 0.25) is 0 Å². The van der Waals surface area contributed by atoms with Gasteiger partial charge in [-0.15, -0.1) is 0 Å². The Morgan fingerprint density at radius 1 is 1.12 bits per heavy atom. The van der Waals surface area contributed by atoms with Crippen molar-refractivity contribution in [2.24, 2.45) is 10.4 Å². The van der Waals surface area contributed by atoms with E-state index in [9.17, 15) is 0 Å². The summed E-state index contributed by atoms with van der Waals surface area (Å²) in [5.41, 5.74) is 3.81. The van der Waals surface area contributed by atoms with Gasteiger partial charge >= 0.3 is 0 Å². The van der Waals surface area contributed by atoms with Gasteiger partial charge in [-0.05, 0) is 73.8 Å². The van der Waals surface area contributed by atoms with Crippen molar-refractivity contribution in [2.45, 2.75) is 25.8 Å². The molecule has 3 nitrogen and oxygen atoms in total. The van der Waals surface area contributed by atoms with Gasteiger partial charge in [0, 0.05) is 20.6 Å². The summed E-state index contributed by atoms with van der Waals surface area (Å²) in [6, 6.07) is 14.4. The van der Waals surface area contributed by atoms with Gasteiger partial charge in [-0.2, -0.15) is 0 Å². The standard InChI is InChI=1S/C20H21BrClN3/c21-16-4-5-18-15(11-16)12-20(6-8-23-9-7-20)19(25-18)24-13-14-2-1-3-17(22)10-14/h1-5,10-11,23H,6-9,12-13H2,(H,24,25). The monoisotopic (exact) mass is 417 g/mol. The largest absolute Gasteiger partial charge is 0.343 e. The fourth-order valence-corrected chi connectivity index (χ4v) is 4.49. The molecule has 1 fully saturated rings. The molecule has 0 bridgehead atoms. The van der Waals surface area contributed by atoms with Crippen LogP contribution in [0.2, 0.25) is 5.02 Å². The van der Waals surface area contributed by atoms with Crippen LogP contribution in [-0.2, 0) is 13.0 Å². The van der Waals surface area contributed by atoms with Crippen LogP contribution in [0.1, 0.15) is 24.0 Å². The predicted octanol–water partition coefficient (Wildman–Crippen LogP) is 5.04. The molecule has 0 radical (unpaired) electrons. The number of piperidine rings is 1. The lowest BCUT2D eigenvalue weighted by Gasteiger charge is -2.43. The molecule has 25 heavy (non-hydrogen) atoms. The average molecular weight is 419 g/mol. The number of hydrogen-bond donors (Lipinski definition) is 2. The van der Waals surface area contributed by atoms with E-state index in [1.54, 1.807) is 0 Å². The highest BCUT2D eigenvalue weighted by atomic mass is 79.9. The number of fused-ring (bicyclic) bond motifs is 1. The number of hydrogen-bond acceptors (Lipinski definition) is 2. The van der Waals surface area contributed by atoms with E-state index in [0.717, 1.165) is 53.2 Å². The van der Waals surface area contributed by atoms with Gasteiger partial charge in [0.05, 0.1) is 6.54 Å². The lowest BCUT2D eigenvalue weighted by molar-refractivity contribution is 0.293. The molecule has 2 aromatic carbocycles. The van der Waals surface area contributed by atoms with Crippen molar-refractivity contribution in [2.75, 3.05) is 18.4 Å². The first kappa shape index (κ1) is 17.1. The minimum absolute atomic E-state index is 0.109. The Morgan fingerprint density at radius 3 is 2.76 bits per heavy atom. The lowest BCUT2D eigenvalue weighted by Crippen LogP contribution is -2.48. The van der Waals surface area contributed by atoms with Gasteiger partial charge in [0.1, 0.15) is 5.84 Å². The quantitative estimate of drug-likeness (QED) is 0.717. The Balaban J connectivity index is 1.68. The molecule has 0 atom stereocenters. The van der Waals surface area contributed by atoms with Crippen LogP contribution in [-0.4, -0.2) is 18.9 Å². The SMILES string of the molecule is Clc1cccc(CN=C2Nc3ccc(Br)cc3CC23CCNCC3)c1. The van der Waals surface area contributed by atoms with E-state index in [1.807, 2.05) is 18.2 Å². The molecule has 1 spiro atoms. The summed E-state index contributed by atoms with van der Waals surface area (Å²) < 4.78 is 1.14. The third-order valence-corrected chi connectivity index (χ3v) is 5.95. The summed E-state index contributed by atoms with van der Waals surface area (Å²) in [6.45, 7) is 2.74. The normalized spacial score (nSPS) is 20.3. The summed E-state index contributed by atoms with van der Waals surface area (Å²) >= 11 is 9.72. The number of nitrogens with zero attached hydrogens (tertiary/aromatic N) is 1. The number of halogens is 2. The van der Waals surface area contributed by atoms with E-state index >= 15 is 0 Å². The molecule has 1 saturated heterocycles. The molecule has 2 heterocycles. The van der Waals surface area contributed by atoms with Crippen LogP contribution in [0.15, 0.2) is 51.9 Å². The van der Waals surface area contributed by atoms with Crippen LogP contribution >= 0.6 is 27.5 Å². The lowest BCUT2D eigenvalue weighted by atomic mass is 9.71. The number of rotatable bonds is 2. The van der Waals surface area contributed by atoms with Gasteiger partial charge in [0.15, 0.2) is 0 Å². The number of nitrogens with one attached hydrogen (secondary N) is 2. The summed E-state index contributed by atoms with van der Waals surface area (Å²) in [5.74, 6) is 1.13. The molecule has 2 aromatic rings. The van der Waals surface area contributed by atoms with Crippen molar-refractivity contribution in [1.29, 1.82) is 0 Å². The highest BCUT2D eigenvalue weighted by Gasteiger charge is 2.41. The van der Waals surface area contributed by atoms with Gasteiger partial charge < -0.3 is 10.6 Å². The number of anilines is 1. The zero-order valence-corrected chi connectivity index (χ0v) is 16.3. The molecule has 4 rings (SSSR count). The smallest absolute Gasteiger partial charge is 0.108 e. The van der Waals surface area contributed by atoms with Crippen molar-refractivity contribution < 1.29 is 0 Å². The molecular formula is C20H21BrClN3. The minimum atomic E-state index is 0.109. The topological polar surface area (TPSA) is 36.4 Å². The summed E-state index contributed by atoms with van der Waals surface area (Å²) in [6.07, 6.45) is 3.27. The highest BCUT2D eigenvalue weighted by molar-refractivity contribution is 9.10. The van der Waals surface area contributed by atoms with Crippen molar-refractivity contribution >= 4 is 39.1 Å². The van der Waals surface area contributed by atoms with E-state index in [2.05, 4.69) is 50.8 Å². The van der Waals surface area contributed by atoms with Crippen molar-refractivity contribution in [3.63, 3.8) is 0 Å². The second-order valence-electron chi connectivity index (χ2n) is 6.93. The van der Waals surface area contributed by atoms with Gasteiger partial charge in [0.25, 0.3) is 0 Å². The molecular weight excluding hydrogens is 398 g/mol. The van der Waals surface area contributed by atoms with E-state index in [-0.39, 0.29) is 5.41 Å². The van der Waals surface area contributed by atoms with Crippen molar-refractivity contribution in [3.8, 4) is 0 Å². The maximum atomic E-state index is 6.11. The average Bonchev–Trinajstić information content (AvgIpc) is 2.61. The Morgan fingerprint density at radius 2 is 1.96 bits per heavy atom. The third-order valence-electron chi connectivity index (χ3n) is 5.22. The molecule has 0 aliphatic carbocycles. The zero-order chi connectivity index (χ0) is 17.3. The Kier molecular flexibility index (Phi) is 4.85. The van der Waals surface area contributed by atoms with Crippen LogP contribution in [0.25, 0.3) is 0 Å². The van der Waals surface area contributed by atoms with E-state index in [4.69, 9.17) is 16.6 Å². The van der Waals surface area contributed by atoms with Gasteiger partial charge in [-0.1, -0.05) is 39.7 Å². The molecule has 130 valence electrons. The first-order valence-corrected chi connectivity index (χ1v) is 9.87. The molecule has 2 aliphatic heterocycles. The summed E-state index contributed by atoms with van der Waals surface area (Å²) in [7, 11) is 0. The fourth-order valence-electron chi connectivity index (χ4n) is 3.87. The molecule has 2 aliphatic rings. The molecule has 0 aromatic heterocycles. The Labute approximate surface area is 162 Å². The van der Waals surface area contributed by atoms with Gasteiger partial charge in [-0.25, -0.2) is 0 Å². The van der Waals surface area contributed by atoms with Crippen LogP contribution < -0.4 is 10.6 Å². The fraction of sp³-hybridized carbons (Fsp3) is 0.350. The number of amidine groups is 1. The van der Waals surface area contributed by atoms with E-state index in [0.29, 0.717) is 6.54 Å². The Bertz CT molecular complexity index is 812. The zero-order valence-electron chi connectivity index (χ0n) is 14.0. The first-order chi connectivity index (χ1) is 12.1.